The maximum atomic E-state index is 14.1. The van der Waals surface area contributed by atoms with Crippen LogP contribution in [-0.2, 0) is 9.31 Å². The van der Waals surface area contributed by atoms with Crippen LogP contribution in [0.2, 0.25) is 0 Å². The van der Waals surface area contributed by atoms with Gasteiger partial charge in [0.05, 0.1) is 12.7 Å². The zero-order valence-corrected chi connectivity index (χ0v) is 9.40. The summed E-state index contributed by atoms with van der Waals surface area (Å²) in [5.41, 5.74) is 0.421. The first kappa shape index (κ1) is 11.9. The Kier molecular flexibility index (Phi) is 3.62. The summed E-state index contributed by atoms with van der Waals surface area (Å²) >= 11 is 0. The molecule has 17 heavy (non-hydrogen) atoms. The van der Waals surface area contributed by atoms with Crippen LogP contribution in [0.1, 0.15) is 12.0 Å². The van der Waals surface area contributed by atoms with Gasteiger partial charge < -0.3 is 14.0 Å². The predicted molar refractivity (Wildman–Crippen MR) is 59.6 cm³/mol. The largest absolute Gasteiger partial charge is 0.497 e. The molecule has 88 valence electrons. The zero-order valence-electron chi connectivity index (χ0n) is 9.40. The highest BCUT2D eigenvalue weighted by molar-refractivity contribution is 6.61. The van der Waals surface area contributed by atoms with Gasteiger partial charge in [0.25, 0.3) is 0 Å². The lowest BCUT2D eigenvalue weighted by molar-refractivity contribution is 0.143. The van der Waals surface area contributed by atoms with Crippen molar-refractivity contribution in [2.24, 2.45) is 0 Å². The van der Waals surface area contributed by atoms with Gasteiger partial charge in [-0.2, -0.15) is 5.26 Å². The standard InChI is InChI=1S/C11H11BFNO3/c1-15-11-8(7-14)3-4-9(10(11)13)12-16-5-2-6-17-12/h3-4H,2,5-6H2,1H3. The highest BCUT2D eigenvalue weighted by Gasteiger charge is 2.30. The van der Waals surface area contributed by atoms with Crippen molar-refractivity contribution in [3.05, 3.63) is 23.5 Å². The first-order valence-corrected chi connectivity index (χ1v) is 5.27. The first-order valence-electron chi connectivity index (χ1n) is 5.27. The van der Waals surface area contributed by atoms with Crippen molar-refractivity contribution in [2.45, 2.75) is 6.42 Å². The molecule has 0 unspecified atom stereocenters. The Bertz CT molecular complexity index is 455. The van der Waals surface area contributed by atoms with E-state index in [0.717, 1.165) is 6.42 Å². The second kappa shape index (κ2) is 5.17. The molecule has 0 bridgehead atoms. The molecule has 1 heterocycles. The molecule has 1 aliphatic heterocycles. The second-order valence-electron chi connectivity index (χ2n) is 3.59. The summed E-state index contributed by atoms with van der Waals surface area (Å²) < 4.78 is 29.6. The van der Waals surface area contributed by atoms with Gasteiger partial charge in [0.2, 0.25) is 0 Å². The SMILES string of the molecule is COc1c(C#N)ccc(B2OCCCO2)c1F. The van der Waals surface area contributed by atoms with Crippen LogP contribution < -0.4 is 10.2 Å². The van der Waals surface area contributed by atoms with Gasteiger partial charge in [-0.1, -0.05) is 6.07 Å². The maximum Gasteiger partial charge on any atom is 0.497 e. The number of benzene rings is 1. The smallest absolute Gasteiger partial charge is 0.492 e. The summed E-state index contributed by atoms with van der Waals surface area (Å²) in [6.07, 6.45) is 0.797. The average molecular weight is 235 g/mol. The quantitative estimate of drug-likeness (QED) is 0.712. The fraction of sp³-hybridized carbons (Fsp3) is 0.364. The molecular formula is C11H11BFNO3. The zero-order chi connectivity index (χ0) is 12.3. The molecule has 6 heteroatoms. The van der Waals surface area contributed by atoms with Crippen LogP contribution >= 0.6 is 0 Å². The van der Waals surface area contributed by atoms with Crippen LogP contribution in [0.15, 0.2) is 12.1 Å². The highest BCUT2D eigenvalue weighted by atomic mass is 19.1. The van der Waals surface area contributed by atoms with E-state index in [1.807, 2.05) is 6.07 Å². The molecule has 1 aromatic rings. The second-order valence-corrected chi connectivity index (χ2v) is 3.59. The van der Waals surface area contributed by atoms with Gasteiger partial charge in [0.1, 0.15) is 6.07 Å². The molecule has 2 rings (SSSR count). The summed E-state index contributed by atoms with van der Waals surface area (Å²) in [4.78, 5) is 0. The number of nitrogens with zero attached hydrogens (tertiary/aromatic N) is 1. The van der Waals surface area contributed by atoms with Gasteiger partial charge >= 0.3 is 7.12 Å². The van der Waals surface area contributed by atoms with Gasteiger partial charge in [-0.15, -0.1) is 0 Å². The fourth-order valence-electron chi connectivity index (χ4n) is 1.71. The fourth-order valence-corrected chi connectivity index (χ4v) is 1.71. The number of ether oxygens (including phenoxy) is 1. The Morgan fingerprint density at radius 2 is 2.12 bits per heavy atom. The number of hydrogen-bond donors (Lipinski definition) is 0. The van der Waals surface area contributed by atoms with Gasteiger partial charge in [-0.25, -0.2) is 4.39 Å². The lowest BCUT2D eigenvalue weighted by Gasteiger charge is -2.21. The summed E-state index contributed by atoms with van der Waals surface area (Å²) in [6, 6.07) is 4.86. The van der Waals surface area contributed by atoms with Crippen molar-refractivity contribution >= 4 is 12.6 Å². The van der Waals surface area contributed by atoms with Crippen LogP contribution in [-0.4, -0.2) is 27.4 Å². The van der Waals surface area contributed by atoms with E-state index in [2.05, 4.69) is 0 Å². The topological polar surface area (TPSA) is 51.5 Å². The molecule has 1 aromatic carbocycles. The predicted octanol–water partition coefficient (Wildman–Crippen LogP) is 0.838. The molecule has 0 saturated carbocycles. The van der Waals surface area contributed by atoms with Crippen LogP contribution in [0.4, 0.5) is 4.39 Å². The van der Waals surface area contributed by atoms with Gasteiger partial charge in [-0.3, -0.25) is 0 Å². The molecule has 0 spiro atoms. The van der Waals surface area contributed by atoms with E-state index in [0.29, 0.717) is 13.2 Å². The minimum atomic E-state index is -0.717. The molecule has 4 nitrogen and oxygen atoms in total. The van der Waals surface area contributed by atoms with Crippen LogP contribution in [0.25, 0.3) is 0 Å². The van der Waals surface area contributed by atoms with E-state index in [-0.39, 0.29) is 16.8 Å². The number of methoxy groups -OCH3 is 1. The molecule has 0 radical (unpaired) electrons. The Morgan fingerprint density at radius 3 is 2.71 bits per heavy atom. The highest BCUT2D eigenvalue weighted by Crippen LogP contribution is 2.21. The molecular weight excluding hydrogens is 224 g/mol. The van der Waals surface area contributed by atoms with Crippen molar-refractivity contribution in [2.75, 3.05) is 20.3 Å². The number of hydrogen-bond acceptors (Lipinski definition) is 4. The van der Waals surface area contributed by atoms with E-state index in [1.54, 1.807) is 0 Å². The van der Waals surface area contributed by atoms with E-state index < -0.39 is 12.9 Å². The maximum absolute atomic E-state index is 14.1. The van der Waals surface area contributed by atoms with Crippen molar-refractivity contribution in [3.63, 3.8) is 0 Å². The van der Waals surface area contributed by atoms with Crippen LogP contribution in [0, 0.1) is 17.1 Å². The molecule has 0 aliphatic carbocycles. The van der Waals surface area contributed by atoms with Crippen LogP contribution in [0.5, 0.6) is 5.75 Å². The average Bonchev–Trinajstić information content (AvgIpc) is 2.39. The molecule has 1 saturated heterocycles. The molecule has 0 amide bonds. The number of nitriles is 1. The lowest BCUT2D eigenvalue weighted by Crippen LogP contribution is -2.42. The Morgan fingerprint density at radius 1 is 1.41 bits per heavy atom. The third-order valence-corrected chi connectivity index (χ3v) is 2.53. The molecule has 0 aromatic heterocycles. The Hall–Kier alpha value is -1.58. The lowest BCUT2D eigenvalue weighted by atomic mass is 9.77. The molecule has 1 aliphatic rings. The van der Waals surface area contributed by atoms with Crippen LogP contribution in [0.3, 0.4) is 0 Å². The summed E-state index contributed by atoms with van der Waals surface area (Å²) in [5.74, 6) is -0.666. The number of halogens is 1. The summed E-state index contributed by atoms with van der Waals surface area (Å²) in [6.45, 7) is 1.07. The molecule has 0 atom stereocenters. The van der Waals surface area contributed by atoms with E-state index in [9.17, 15) is 4.39 Å². The van der Waals surface area contributed by atoms with Gasteiger partial charge in [-0.05, 0) is 12.5 Å². The van der Waals surface area contributed by atoms with Crippen molar-refractivity contribution in [3.8, 4) is 11.8 Å². The third-order valence-electron chi connectivity index (χ3n) is 2.53. The molecule has 1 fully saturated rings. The normalized spacial score (nSPS) is 15.5. The van der Waals surface area contributed by atoms with Gasteiger partial charge in [0.15, 0.2) is 11.6 Å². The minimum absolute atomic E-state index is 0.0669. The van der Waals surface area contributed by atoms with Crippen molar-refractivity contribution < 1.29 is 18.4 Å². The van der Waals surface area contributed by atoms with E-state index in [1.165, 1.54) is 19.2 Å². The van der Waals surface area contributed by atoms with E-state index in [4.69, 9.17) is 19.3 Å². The Labute approximate surface area is 99.0 Å². The number of rotatable bonds is 2. The minimum Gasteiger partial charge on any atom is -0.492 e. The third kappa shape index (κ3) is 2.26. The first-order chi connectivity index (χ1) is 8.27. The van der Waals surface area contributed by atoms with Gasteiger partial charge in [0, 0.05) is 18.7 Å². The Balaban J connectivity index is 2.38. The van der Waals surface area contributed by atoms with Crippen molar-refractivity contribution in [1.82, 2.24) is 0 Å². The van der Waals surface area contributed by atoms with Crippen molar-refractivity contribution in [1.29, 1.82) is 5.26 Å². The van der Waals surface area contributed by atoms with E-state index >= 15 is 0 Å². The summed E-state index contributed by atoms with van der Waals surface area (Å²) in [7, 11) is 0.608. The monoisotopic (exact) mass is 235 g/mol. The molecule has 0 N–H and O–H groups in total. The summed E-state index contributed by atoms with van der Waals surface area (Å²) in [5, 5.41) is 8.82.